The van der Waals surface area contributed by atoms with Gasteiger partial charge in [0.2, 0.25) is 5.91 Å². The van der Waals surface area contributed by atoms with Crippen LogP contribution in [0.1, 0.15) is 25.7 Å². The van der Waals surface area contributed by atoms with Crippen molar-refractivity contribution in [2.24, 2.45) is 18.0 Å². The van der Waals surface area contributed by atoms with Gasteiger partial charge in [-0.25, -0.2) is 0 Å². The van der Waals surface area contributed by atoms with Gasteiger partial charge in [-0.05, 0) is 38.3 Å². The Labute approximate surface area is 105 Å². The van der Waals surface area contributed by atoms with Crippen molar-refractivity contribution in [3.63, 3.8) is 0 Å². The maximum Gasteiger partial charge on any atom is 0.248 e. The average Bonchev–Trinajstić information content (AvgIpc) is 2.74. The summed E-state index contributed by atoms with van der Waals surface area (Å²) in [5.74, 6) is 0.717. The Balaban J connectivity index is 1.83. The second-order valence-electron chi connectivity index (χ2n) is 4.53. The summed E-state index contributed by atoms with van der Waals surface area (Å²) in [5, 5.41) is 5.28. The van der Waals surface area contributed by atoms with Gasteiger partial charge in [-0.2, -0.15) is 4.99 Å². The normalized spacial score (nSPS) is 18.5. The van der Waals surface area contributed by atoms with E-state index in [1.165, 1.54) is 24.2 Å². The van der Waals surface area contributed by atoms with E-state index in [2.05, 4.69) is 10.3 Å². The van der Waals surface area contributed by atoms with Crippen molar-refractivity contribution in [2.75, 3.05) is 13.1 Å². The molecule has 0 atom stereocenters. The smallest absolute Gasteiger partial charge is 0.248 e. The Hall–Kier alpha value is -0.940. The number of rotatable bonds is 3. The summed E-state index contributed by atoms with van der Waals surface area (Å²) < 4.78 is 1.88. The molecule has 1 aliphatic rings. The molecule has 2 rings (SSSR count). The molecule has 4 nitrogen and oxygen atoms in total. The molecule has 0 saturated carbocycles. The second-order valence-corrected chi connectivity index (χ2v) is 5.41. The molecule has 17 heavy (non-hydrogen) atoms. The summed E-state index contributed by atoms with van der Waals surface area (Å²) in [6, 6.07) is 0. The van der Waals surface area contributed by atoms with Crippen LogP contribution in [0.15, 0.2) is 16.6 Å². The van der Waals surface area contributed by atoms with E-state index in [4.69, 9.17) is 0 Å². The van der Waals surface area contributed by atoms with Gasteiger partial charge in [0.05, 0.1) is 0 Å². The standard InChI is InChI=1S/C12H19N3OS/c1-15-8-9-17-12(15)14-11(16)3-2-10-4-6-13-7-5-10/h8-10,13H,2-7H2,1H3. The fraction of sp³-hybridized carbons (Fsp3) is 0.667. The SMILES string of the molecule is Cn1ccsc1=NC(=O)CCC1CCNCC1. The zero-order valence-electron chi connectivity index (χ0n) is 10.2. The van der Waals surface area contributed by atoms with Gasteiger partial charge in [0.25, 0.3) is 0 Å². The van der Waals surface area contributed by atoms with E-state index in [9.17, 15) is 4.79 Å². The van der Waals surface area contributed by atoms with Gasteiger partial charge in [0.15, 0.2) is 4.80 Å². The first-order chi connectivity index (χ1) is 8.25. The number of nitrogens with one attached hydrogen (secondary N) is 1. The maximum atomic E-state index is 11.7. The van der Waals surface area contributed by atoms with Crippen LogP contribution < -0.4 is 10.1 Å². The lowest BCUT2D eigenvalue weighted by molar-refractivity contribution is -0.118. The number of thiazole rings is 1. The molecule has 0 aliphatic carbocycles. The molecule has 1 amide bonds. The number of carbonyl (C=O) groups excluding carboxylic acids is 1. The number of carbonyl (C=O) groups is 1. The van der Waals surface area contributed by atoms with Crippen LogP contribution in [0.3, 0.4) is 0 Å². The molecule has 0 aromatic carbocycles. The third-order valence-electron chi connectivity index (χ3n) is 3.21. The minimum absolute atomic E-state index is 0.0154. The van der Waals surface area contributed by atoms with Crippen molar-refractivity contribution in [2.45, 2.75) is 25.7 Å². The lowest BCUT2D eigenvalue weighted by atomic mass is 9.93. The summed E-state index contributed by atoms with van der Waals surface area (Å²) in [5.41, 5.74) is 0. The average molecular weight is 253 g/mol. The molecule has 1 aromatic rings. The van der Waals surface area contributed by atoms with E-state index in [0.29, 0.717) is 12.3 Å². The van der Waals surface area contributed by atoms with Gasteiger partial charge in [-0.1, -0.05) is 0 Å². The predicted molar refractivity (Wildman–Crippen MR) is 68.7 cm³/mol. The minimum atomic E-state index is 0.0154. The molecule has 0 bridgehead atoms. The Morgan fingerprint density at radius 1 is 1.59 bits per heavy atom. The Kier molecular flexibility index (Phi) is 4.50. The Bertz CT molecular complexity index is 429. The molecule has 0 radical (unpaired) electrons. The summed E-state index contributed by atoms with van der Waals surface area (Å²) in [6.07, 6.45) is 5.88. The van der Waals surface area contributed by atoms with E-state index in [-0.39, 0.29) is 5.91 Å². The number of hydrogen-bond acceptors (Lipinski definition) is 3. The minimum Gasteiger partial charge on any atom is -0.327 e. The fourth-order valence-corrected chi connectivity index (χ4v) is 2.84. The molecule has 5 heteroatoms. The van der Waals surface area contributed by atoms with E-state index in [1.54, 1.807) is 0 Å². The number of aryl methyl sites for hydroxylation is 1. The second kappa shape index (κ2) is 6.12. The van der Waals surface area contributed by atoms with Gasteiger partial charge in [0, 0.05) is 25.0 Å². The van der Waals surface area contributed by atoms with Crippen LogP contribution in [0.2, 0.25) is 0 Å². The highest BCUT2D eigenvalue weighted by Crippen LogP contribution is 2.17. The monoisotopic (exact) mass is 253 g/mol. The van der Waals surface area contributed by atoms with Gasteiger partial charge < -0.3 is 9.88 Å². The quantitative estimate of drug-likeness (QED) is 0.882. The first-order valence-electron chi connectivity index (χ1n) is 6.14. The van der Waals surface area contributed by atoms with Gasteiger partial charge in [0.1, 0.15) is 0 Å². The van der Waals surface area contributed by atoms with Gasteiger partial charge in [-0.3, -0.25) is 4.79 Å². The summed E-state index contributed by atoms with van der Waals surface area (Å²) >= 11 is 1.50. The molecule has 0 spiro atoms. The van der Waals surface area contributed by atoms with E-state index in [1.807, 2.05) is 23.2 Å². The molecule has 1 fully saturated rings. The lowest BCUT2D eigenvalue weighted by Gasteiger charge is -2.21. The zero-order chi connectivity index (χ0) is 12.1. The number of nitrogens with zero attached hydrogens (tertiary/aromatic N) is 2. The molecule has 1 N–H and O–H groups in total. The van der Waals surface area contributed by atoms with Crippen molar-refractivity contribution in [3.05, 3.63) is 16.4 Å². The number of amides is 1. The molecule has 94 valence electrons. The van der Waals surface area contributed by atoms with Crippen LogP contribution in [-0.4, -0.2) is 23.6 Å². The maximum absolute atomic E-state index is 11.7. The molecular weight excluding hydrogens is 234 g/mol. The topological polar surface area (TPSA) is 46.4 Å². The van der Waals surface area contributed by atoms with E-state index >= 15 is 0 Å². The molecular formula is C12H19N3OS. The van der Waals surface area contributed by atoms with Crippen LogP contribution in [0.5, 0.6) is 0 Å². The van der Waals surface area contributed by atoms with Crippen molar-refractivity contribution < 1.29 is 4.79 Å². The van der Waals surface area contributed by atoms with Crippen LogP contribution >= 0.6 is 11.3 Å². The van der Waals surface area contributed by atoms with E-state index < -0.39 is 0 Å². The zero-order valence-corrected chi connectivity index (χ0v) is 11.0. The Morgan fingerprint density at radius 3 is 3.00 bits per heavy atom. The number of aromatic nitrogens is 1. The molecule has 1 saturated heterocycles. The van der Waals surface area contributed by atoms with Crippen molar-refractivity contribution in [3.8, 4) is 0 Å². The predicted octanol–water partition coefficient (Wildman–Crippen LogP) is 1.29. The first kappa shape index (κ1) is 12.5. The lowest BCUT2D eigenvalue weighted by Crippen LogP contribution is -2.28. The van der Waals surface area contributed by atoms with Crippen LogP contribution in [0, 0.1) is 5.92 Å². The van der Waals surface area contributed by atoms with Crippen LogP contribution in [-0.2, 0) is 11.8 Å². The van der Waals surface area contributed by atoms with Crippen molar-refractivity contribution in [1.82, 2.24) is 9.88 Å². The van der Waals surface area contributed by atoms with Crippen molar-refractivity contribution in [1.29, 1.82) is 0 Å². The summed E-state index contributed by atoms with van der Waals surface area (Å²) in [7, 11) is 1.91. The third-order valence-corrected chi connectivity index (χ3v) is 4.05. The molecule has 2 heterocycles. The van der Waals surface area contributed by atoms with E-state index in [0.717, 1.165) is 24.3 Å². The molecule has 1 aromatic heterocycles. The van der Waals surface area contributed by atoms with Gasteiger partial charge in [-0.15, -0.1) is 11.3 Å². The highest BCUT2D eigenvalue weighted by molar-refractivity contribution is 7.07. The van der Waals surface area contributed by atoms with Crippen molar-refractivity contribution >= 4 is 17.2 Å². The largest absolute Gasteiger partial charge is 0.327 e. The Morgan fingerprint density at radius 2 is 2.35 bits per heavy atom. The fourth-order valence-electron chi connectivity index (χ4n) is 2.10. The molecule has 1 aliphatic heterocycles. The number of piperidine rings is 1. The summed E-state index contributed by atoms with van der Waals surface area (Å²) in [4.78, 5) is 16.6. The van der Waals surface area contributed by atoms with Gasteiger partial charge >= 0.3 is 0 Å². The van der Waals surface area contributed by atoms with Crippen LogP contribution in [0.25, 0.3) is 0 Å². The molecule has 0 unspecified atom stereocenters. The number of hydrogen-bond donors (Lipinski definition) is 1. The highest BCUT2D eigenvalue weighted by Gasteiger charge is 2.14. The highest BCUT2D eigenvalue weighted by atomic mass is 32.1. The van der Waals surface area contributed by atoms with Crippen LogP contribution in [0.4, 0.5) is 0 Å². The third kappa shape index (κ3) is 3.78. The first-order valence-corrected chi connectivity index (χ1v) is 7.02. The summed E-state index contributed by atoms with van der Waals surface area (Å²) in [6.45, 7) is 2.19.